The van der Waals surface area contributed by atoms with Gasteiger partial charge in [0.25, 0.3) is 11.6 Å². The van der Waals surface area contributed by atoms with Gasteiger partial charge in [-0.1, -0.05) is 38.8 Å². The van der Waals surface area contributed by atoms with Gasteiger partial charge < -0.3 is 10.1 Å². The maximum Gasteiger partial charge on any atom is 0.285 e. The van der Waals surface area contributed by atoms with Crippen LogP contribution in [0.2, 0.25) is 0 Å². The first-order valence-corrected chi connectivity index (χ1v) is 9.33. The van der Waals surface area contributed by atoms with Crippen molar-refractivity contribution in [1.82, 2.24) is 10.2 Å². The molecule has 1 aromatic rings. The fraction of sp³-hybridized carbons (Fsp3) is 0.632. The first kappa shape index (κ1) is 20.3. The van der Waals surface area contributed by atoms with Crippen LogP contribution in [0.15, 0.2) is 18.2 Å². The average Bonchev–Trinajstić information content (AvgIpc) is 2.65. The maximum absolute atomic E-state index is 12.6. The Labute approximate surface area is 154 Å². The van der Waals surface area contributed by atoms with Gasteiger partial charge >= 0.3 is 0 Å². The highest BCUT2D eigenvalue weighted by Gasteiger charge is 2.28. The lowest BCUT2D eigenvalue weighted by Crippen LogP contribution is -2.52. The summed E-state index contributed by atoms with van der Waals surface area (Å²) in [6.45, 7) is 9.56. The zero-order valence-electron chi connectivity index (χ0n) is 15.9. The molecule has 0 aliphatic carbocycles. The van der Waals surface area contributed by atoms with Crippen molar-refractivity contribution in [3.63, 3.8) is 0 Å². The first-order valence-electron chi connectivity index (χ1n) is 9.33. The second kappa shape index (κ2) is 9.64. The lowest BCUT2D eigenvalue weighted by Gasteiger charge is -2.38. The SMILES string of the molecule is CCC(CC)C(CNC(=O)c1cccc(C)c1[N+](=O)[O-])N1CCOCC1. The molecular weight excluding hydrogens is 334 g/mol. The molecule has 26 heavy (non-hydrogen) atoms. The summed E-state index contributed by atoms with van der Waals surface area (Å²) in [5.41, 5.74) is 0.503. The number of carbonyl (C=O) groups excluding carboxylic acids is 1. The van der Waals surface area contributed by atoms with Gasteiger partial charge in [-0.15, -0.1) is 0 Å². The van der Waals surface area contributed by atoms with E-state index in [4.69, 9.17) is 4.74 Å². The highest BCUT2D eigenvalue weighted by atomic mass is 16.6. The summed E-state index contributed by atoms with van der Waals surface area (Å²) < 4.78 is 5.44. The molecule has 2 rings (SSSR count). The number of hydrogen-bond acceptors (Lipinski definition) is 5. The molecule has 0 spiro atoms. The predicted octanol–water partition coefficient (Wildman–Crippen LogP) is 2.77. The molecule has 7 nitrogen and oxygen atoms in total. The molecule has 1 unspecified atom stereocenters. The van der Waals surface area contributed by atoms with Gasteiger partial charge in [-0.05, 0) is 18.9 Å². The summed E-state index contributed by atoms with van der Waals surface area (Å²) >= 11 is 0. The van der Waals surface area contributed by atoms with Crippen LogP contribution in [-0.4, -0.2) is 54.6 Å². The van der Waals surface area contributed by atoms with Crippen molar-refractivity contribution in [2.75, 3.05) is 32.8 Å². The van der Waals surface area contributed by atoms with Crippen LogP contribution in [0.1, 0.15) is 42.6 Å². The van der Waals surface area contributed by atoms with Gasteiger partial charge in [0.1, 0.15) is 5.56 Å². The van der Waals surface area contributed by atoms with Crippen LogP contribution in [-0.2, 0) is 4.74 Å². The number of benzene rings is 1. The number of carbonyl (C=O) groups is 1. The summed E-state index contributed by atoms with van der Waals surface area (Å²) in [7, 11) is 0. The van der Waals surface area contributed by atoms with Gasteiger partial charge in [-0.25, -0.2) is 0 Å². The topological polar surface area (TPSA) is 84.7 Å². The Bertz CT molecular complexity index is 625. The summed E-state index contributed by atoms with van der Waals surface area (Å²) in [6, 6.07) is 5.05. The van der Waals surface area contributed by atoms with Crippen LogP contribution < -0.4 is 5.32 Å². The molecule has 1 N–H and O–H groups in total. The van der Waals surface area contributed by atoms with Gasteiger partial charge in [-0.2, -0.15) is 0 Å². The zero-order valence-corrected chi connectivity index (χ0v) is 15.9. The summed E-state index contributed by atoms with van der Waals surface area (Å²) in [6.07, 6.45) is 2.05. The largest absolute Gasteiger partial charge is 0.379 e. The maximum atomic E-state index is 12.6. The molecular formula is C19H29N3O4. The third-order valence-electron chi connectivity index (χ3n) is 5.24. The van der Waals surface area contributed by atoms with Gasteiger partial charge in [-0.3, -0.25) is 19.8 Å². The van der Waals surface area contributed by atoms with E-state index in [9.17, 15) is 14.9 Å². The minimum absolute atomic E-state index is 0.115. The van der Waals surface area contributed by atoms with Crippen molar-refractivity contribution in [2.24, 2.45) is 5.92 Å². The number of nitrogens with one attached hydrogen (secondary N) is 1. The van der Waals surface area contributed by atoms with Crippen molar-refractivity contribution >= 4 is 11.6 Å². The number of morpholine rings is 1. The number of ether oxygens (including phenoxy) is 1. The molecule has 1 aromatic carbocycles. The molecule has 1 aliphatic heterocycles. The Morgan fingerprint density at radius 1 is 1.31 bits per heavy atom. The molecule has 0 radical (unpaired) electrons. The molecule has 1 heterocycles. The Morgan fingerprint density at radius 2 is 1.96 bits per heavy atom. The van der Waals surface area contributed by atoms with E-state index in [0.717, 1.165) is 25.9 Å². The molecule has 1 atom stereocenters. The van der Waals surface area contributed by atoms with Crippen LogP contribution in [0.25, 0.3) is 0 Å². The highest BCUT2D eigenvalue weighted by Crippen LogP contribution is 2.24. The lowest BCUT2D eigenvalue weighted by atomic mass is 9.92. The number of nitrogens with zero attached hydrogens (tertiary/aromatic N) is 2. The van der Waals surface area contributed by atoms with Gasteiger partial charge in [0, 0.05) is 31.2 Å². The van der Waals surface area contributed by atoms with Crippen molar-refractivity contribution in [3.05, 3.63) is 39.4 Å². The van der Waals surface area contributed by atoms with Gasteiger partial charge in [0.15, 0.2) is 0 Å². The summed E-state index contributed by atoms with van der Waals surface area (Å²) in [5.74, 6) is 0.0745. The molecule has 1 fully saturated rings. The Balaban J connectivity index is 2.14. The minimum Gasteiger partial charge on any atom is -0.379 e. The van der Waals surface area contributed by atoms with Crippen LogP contribution in [0.4, 0.5) is 5.69 Å². The quantitative estimate of drug-likeness (QED) is 0.567. The van der Waals surface area contributed by atoms with Crippen LogP contribution in [0.5, 0.6) is 0 Å². The number of aryl methyl sites for hydroxylation is 1. The van der Waals surface area contributed by atoms with Crippen LogP contribution in [0.3, 0.4) is 0 Å². The van der Waals surface area contributed by atoms with Crippen molar-refractivity contribution in [2.45, 2.75) is 39.7 Å². The molecule has 1 aliphatic rings. The molecule has 0 aromatic heterocycles. The molecule has 0 saturated carbocycles. The standard InChI is InChI=1S/C19H29N3O4/c1-4-15(5-2)17(21-9-11-26-12-10-21)13-20-19(23)16-8-6-7-14(3)18(16)22(24)25/h6-8,15,17H,4-5,9-13H2,1-3H3,(H,20,23). The Hall–Kier alpha value is -1.99. The van der Waals surface area contributed by atoms with E-state index < -0.39 is 4.92 Å². The van der Waals surface area contributed by atoms with Gasteiger partial charge in [0.2, 0.25) is 0 Å². The third kappa shape index (κ3) is 4.80. The summed E-state index contributed by atoms with van der Waals surface area (Å²) in [5, 5.41) is 14.3. The lowest BCUT2D eigenvalue weighted by molar-refractivity contribution is -0.385. The van der Waals surface area contributed by atoms with Crippen LogP contribution >= 0.6 is 0 Å². The predicted molar refractivity (Wildman–Crippen MR) is 100 cm³/mol. The molecule has 1 amide bonds. The van der Waals surface area contributed by atoms with Gasteiger partial charge in [0.05, 0.1) is 18.1 Å². The van der Waals surface area contributed by atoms with Crippen molar-refractivity contribution in [1.29, 1.82) is 0 Å². The van der Waals surface area contributed by atoms with Crippen LogP contribution in [0, 0.1) is 23.0 Å². The number of nitro benzene ring substituents is 1. The van der Waals surface area contributed by atoms with E-state index in [1.54, 1.807) is 19.1 Å². The zero-order chi connectivity index (χ0) is 19.1. The van der Waals surface area contributed by atoms with E-state index in [2.05, 4.69) is 24.1 Å². The second-order valence-corrected chi connectivity index (χ2v) is 6.73. The smallest absolute Gasteiger partial charge is 0.285 e. The second-order valence-electron chi connectivity index (χ2n) is 6.73. The van der Waals surface area contributed by atoms with Crippen molar-refractivity contribution in [3.8, 4) is 0 Å². The van der Waals surface area contributed by atoms with Crippen molar-refractivity contribution < 1.29 is 14.5 Å². The number of hydrogen-bond donors (Lipinski definition) is 1. The molecule has 0 bridgehead atoms. The van der Waals surface area contributed by atoms with E-state index in [1.807, 2.05) is 0 Å². The van der Waals surface area contributed by atoms with E-state index >= 15 is 0 Å². The molecule has 7 heteroatoms. The molecule has 1 saturated heterocycles. The minimum atomic E-state index is -0.482. The number of rotatable bonds is 8. The first-order chi connectivity index (χ1) is 12.5. The molecule has 144 valence electrons. The summed E-state index contributed by atoms with van der Waals surface area (Å²) in [4.78, 5) is 25.9. The highest BCUT2D eigenvalue weighted by molar-refractivity contribution is 5.98. The normalized spacial score (nSPS) is 16.5. The fourth-order valence-corrected chi connectivity index (χ4v) is 3.71. The monoisotopic (exact) mass is 363 g/mol. The van der Waals surface area contributed by atoms with E-state index in [0.29, 0.717) is 31.2 Å². The number of nitro groups is 1. The number of amides is 1. The third-order valence-corrected chi connectivity index (χ3v) is 5.24. The van der Waals surface area contributed by atoms with E-state index in [-0.39, 0.29) is 23.2 Å². The average molecular weight is 363 g/mol. The fourth-order valence-electron chi connectivity index (χ4n) is 3.71. The van der Waals surface area contributed by atoms with E-state index in [1.165, 1.54) is 6.07 Å². The number of para-hydroxylation sites is 1. The Kier molecular flexibility index (Phi) is 7.53. The Morgan fingerprint density at radius 3 is 2.54 bits per heavy atom.